The number of fused-ring (bicyclic) bond motifs is 6. The van der Waals surface area contributed by atoms with Crippen LogP contribution in [0.2, 0.25) is 0 Å². The second kappa shape index (κ2) is 4.55. The molecule has 1 saturated heterocycles. The van der Waals surface area contributed by atoms with Gasteiger partial charge in [0.15, 0.2) is 0 Å². The van der Waals surface area contributed by atoms with E-state index in [1.807, 2.05) is 0 Å². The standard InChI is InChI=1S/C21H34O2/c1-13-21(23-13)11-8-18-16-5-4-14-12-15(22)6-9-19(14,2)17(16)7-10-20(18,21)3/h13-18,22H,4-12H2,1-3H3/t13?,14-,15+,16+,17-,18-,19-,20-,21-/m0/s1. The second-order valence-electron chi connectivity index (χ2n) is 10.2. The van der Waals surface area contributed by atoms with Crippen LogP contribution in [-0.4, -0.2) is 22.9 Å². The Morgan fingerprint density at radius 3 is 2.39 bits per heavy atom. The van der Waals surface area contributed by atoms with Crippen molar-refractivity contribution in [2.24, 2.45) is 34.5 Å². The molecule has 4 saturated carbocycles. The van der Waals surface area contributed by atoms with Gasteiger partial charge in [0, 0.05) is 5.41 Å². The third-order valence-electron chi connectivity index (χ3n) is 9.81. The molecule has 5 rings (SSSR count). The Bertz CT molecular complexity index is 518. The minimum Gasteiger partial charge on any atom is -0.393 e. The Kier molecular flexibility index (Phi) is 3.01. The summed E-state index contributed by atoms with van der Waals surface area (Å²) in [6.45, 7) is 7.47. The Labute approximate surface area is 141 Å². The van der Waals surface area contributed by atoms with E-state index >= 15 is 0 Å². The molecule has 0 aromatic carbocycles. The van der Waals surface area contributed by atoms with E-state index in [2.05, 4.69) is 20.8 Å². The molecule has 1 aliphatic heterocycles. The highest BCUT2D eigenvalue weighted by molar-refractivity contribution is 5.21. The first-order valence-corrected chi connectivity index (χ1v) is 10.3. The van der Waals surface area contributed by atoms with Crippen LogP contribution in [0.4, 0.5) is 0 Å². The third kappa shape index (κ3) is 1.73. The van der Waals surface area contributed by atoms with E-state index in [1.54, 1.807) is 0 Å². The van der Waals surface area contributed by atoms with Crippen molar-refractivity contribution in [2.75, 3.05) is 0 Å². The fourth-order valence-corrected chi connectivity index (χ4v) is 8.41. The highest BCUT2D eigenvalue weighted by Crippen LogP contribution is 2.72. The average Bonchev–Trinajstić information content (AvgIpc) is 3.08. The zero-order chi connectivity index (χ0) is 16.0. The van der Waals surface area contributed by atoms with Gasteiger partial charge in [0.25, 0.3) is 0 Å². The fourth-order valence-electron chi connectivity index (χ4n) is 8.41. The van der Waals surface area contributed by atoms with Crippen LogP contribution in [0, 0.1) is 34.5 Å². The summed E-state index contributed by atoms with van der Waals surface area (Å²) in [4.78, 5) is 0. The Hall–Kier alpha value is -0.0800. The molecule has 1 heterocycles. The van der Waals surface area contributed by atoms with Crippen molar-refractivity contribution in [3.8, 4) is 0 Å². The first-order valence-electron chi connectivity index (χ1n) is 10.3. The molecule has 5 fully saturated rings. The molecule has 130 valence electrons. The average molecular weight is 319 g/mol. The van der Waals surface area contributed by atoms with Gasteiger partial charge in [0.05, 0.1) is 12.2 Å². The molecule has 0 aromatic heterocycles. The van der Waals surface area contributed by atoms with Gasteiger partial charge in [-0.2, -0.15) is 0 Å². The summed E-state index contributed by atoms with van der Waals surface area (Å²) in [5.41, 5.74) is 1.21. The van der Waals surface area contributed by atoms with Crippen LogP contribution in [0.15, 0.2) is 0 Å². The van der Waals surface area contributed by atoms with Gasteiger partial charge in [-0.15, -0.1) is 0 Å². The molecule has 4 aliphatic carbocycles. The highest BCUT2D eigenvalue weighted by Gasteiger charge is 2.73. The number of aliphatic hydroxyl groups is 1. The number of epoxide rings is 1. The molecular weight excluding hydrogens is 284 g/mol. The monoisotopic (exact) mass is 318 g/mol. The van der Waals surface area contributed by atoms with E-state index in [9.17, 15) is 5.11 Å². The summed E-state index contributed by atoms with van der Waals surface area (Å²) in [6, 6.07) is 0. The lowest BCUT2D eigenvalue weighted by Gasteiger charge is -2.60. The zero-order valence-corrected chi connectivity index (χ0v) is 15.2. The summed E-state index contributed by atoms with van der Waals surface area (Å²) in [6.07, 6.45) is 12.2. The van der Waals surface area contributed by atoms with Gasteiger partial charge in [0.2, 0.25) is 0 Å². The molecule has 23 heavy (non-hydrogen) atoms. The van der Waals surface area contributed by atoms with Crippen molar-refractivity contribution in [1.82, 2.24) is 0 Å². The first kappa shape index (κ1) is 15.2. The summed E-state index contributed by atoms with van der Waals surface area (Å²) in [5, 5.41) is 10.1. The van der Waals surface area contributed by atoms with Gasteiger partial charge < -0.3 is 9.84 Å². The van der Waals surface area contributed by atoms with Crippen molar-refractivity contribution < 1.29 is 9.84 Å². The van der Waals surface area contributed by atoms with Gasteiger partial charge in [-0.3, -0.25) is 0 Å². The number of aliphatic hydroxyl groups excluding tert-OH is 1. The second-order valence-corrected chi connectivity index (χ2v) is 10.2. The largest absolute Gasteiger partial charge is 0.393 e. The van der Waals surface area contributed by atoms with Crippen molar-refractivity contribution in [1.29, 1.82) is 0 Å². The van der Waals surface area contributed by atoms with Crippen LogP contribution < -0.4 is 0 Å². The lowest BCUT2D eigenvalue weighted by atomic mass is 9.44. The summed E-state index contributed by atoms with van der Waals surface area (Å²) in [7, 11) is 0. The summed E-state index contributed by atoms with van der Waals surface area (Å²) in [5.74, 6) is 3.52. The maximum Gasteiger partial charge on any atom is 0.100 e. The van der Waals surface area contributed by atoms with Crippen LogP contribution in [0.1, 0.15) is 78.6 Å². The predicted octanol–water partition coefficient (Wildman–Crippen LogP) is 4.55. The topological polar surface area (TPSA) is 32.8 Å². The highest BCUT2D eigenvalue weighted by atomic mass is 16.6. The van der Waals surface area contributed by atoms with Crippen molar-refractivity contribution in [3.63, 3.8) is 0 Å². The molecule has 1 spiro atoms. The normalized spacial score (nSPS) is 64.2. The quantitative estimate of drug-likeness (QED) is 0.665. The van der Waals surface area contributed by atoms with Crippen molar-refractivity contribution in [2.45, 2.75) is 96.4 Å². The third-order valence-corrected chi connectivity index (χ3v) is 9.81. The first-order chi connectivity index (χ1) is 10.9. The molecule has 0 aromatic rings. The van der Waals surface area contributed by atoms with Crippen molar-refractivity contribution in [3.05, 3.63) is 0 Å². The maximum absolute atomic E-state index is 10.1. The molecule has 0 bridgehead atoms. The Morgan fingerprint density at radius 2 is 1.65 bits per heavy atom. The molecule has 9 atom stereocenters. The molecule has 0 amide bonds. The molecule has 5 aliphatic rings. The van der Waals surface area contributed by atoms with Gasteiger partial charge in [-0.25, -0.2) is 0 Å². The van der Waals surface area contributed by atoms with Crippen LogP contribution >= 0.6 is 0 Å². The maximum atomic E-state index is 10.1. The minimum absolute atomic E-state index is 0.0195. The van der Waals surface area contributed by atoms with Gasteiger partial charge >= 0.3 is 0 Å². The van der Waals surface area contributed by atoms with E-state index in [0.717, 1.165) is 36.5 Å². The Balaban J connectivity index is 1.45. The van der Waals surface area contributed by atoms with Gasteiger partial charge in [0.1, 0.15) is 5.60 Å². The molecule has 2 nitrogen and oxygen atoms in total. The van der Waals surface area contributed by atoms with Gasteiger partial charge in [-0.1, -0.05) is 13.8 Å². The fraction of sp³-hybridized carbons (Fsp3) is 1.00. The molecule has 0 radical (unpaired) electrons. The number of rotatable bonds is 0. The van der Waals surface area contributed by atoms with Gasteiger partial charge in [-0.05, 0) is 93.8 Å². The molecule has 1 unspecified atom stereocenters. The molecule has 2 heteroatoms. The number of hydrogen-bond donors (Lipinski definition) is 1. The van der Waals surface area contributed by atoms with Crippen LogP contribution in [-0.2, 0) is 4.74 Å². The SMILES string of the molecule is CC1O[C@@]12CC[C@H]1[C@@H]3CC[C@H]4C[C@H](O)CC[C@]4(C)[C@H]3CC[C@@]12C. The van der Waals surface area contributed by atoms with Crippen LogP contribution in [0.25, 0.3) is 0 Å². The van der Waals surface area contributed by atoms with E-state index in [1.165, 1.54) is 44.9 Å². The lowest BCUT2D eigenvalue weighted by Crippen LogP contribution is -2.55. The van der Waals surface area contributed by atoms with E-state index in [-0.39, 0.29) is 11.7 Å². The van der Waals surface area contributed by atoms with E-state index in [4.69, 9.17) is 4.74 Å². The zero-order valence-electron chi connectivity index (χ0n) is 15.2. The van der Waals surface area contributed by atoms with E-state index in [0.29, 0.717) is 16.9 Å². The molecule has 1 N–H and O–H groups in total. The van der Waals surface area contributed by atoms with E-state index < -0.39 is 0 Å². The lowest BCUT2D eigenvalue weighted by molar-refractivity contribution is -0.128. The summed E-state index contributed by atoms with van der Waals surface area (Å²) < 4.78 is 6.23. The number of hydrogen-bond acceptors (Lipinski definition) is 2. The molecular formula is C21H34O2. The van der Waals surface area contributed by atoms with Crippen LogP contribution in [0.5, 0.6) is 0 Å². The van der Waals surface area contributed by atoms with Crippen LogP contribution in [0.3, 0.4) is 0 Å². The summed E-state index contributed by atoms with van der Waals surface area (Å²) >= 11 is 0. The number of ether oxygens (including phenoxy) is 1. The smallest absolute Gasteiger partial charge is 0.100 e. The minimum atomic E-state index is -0.0195. The van der Waals surface area contributed by atoms with Crippen molar-refractivity contribution >= 4 is 0 Å². The Morgan fingerprint density at radius 1 is 0.913 bits per heavy atom. The predicted molar refractivity (Wildman–Crippen MR) is 91.0 cm³/mol.